The molecular formula is C57H41NS. The lowest BCUT2D eigenvalue weighted by Crippen LogP contribution is -2.15. The van der Waals surface area contributed by atoms with Crippen molar-refractivity contribution in [1.82, 2.24) is 0 Å². The molecule has 1 aliphatic carbocycles. The van der Waals surface area contributed by atoms with Crippen LogP contribution < -0.4 is 4.90 Å². The Bertz CT molecular complexity index is 3190. The van der Waals surface area contributed by atoms with Crippen LogP contribution >= 0.6 is 11.3 Å². The van der Waals surface area contributed by atoms with Crippen molar-refractivity contribution in [1.29, 1.82) is 0 Å². The molecule has 0 unspecified atom stereocenters. The number of rotatable bonds is 7. The largest absolute Gasteiger partial charge is 0.308 e. The van der Waals surface area contributed by atoms with Crippen LogP contribution in [0.3, 0.4) is 0 Å². The van der Waals surface area contributed by atoms with Crippen LogP contribution in [0.5, 0.6) is 0 Å². The third-order valence-electron chi connectivity index (χ3n) is 12.3. The summed E-state index contributed by atoms with van der Waals surface area (Å²) in [7, 11) is 0. The summed E-state index contributed by atoms with van der Waals surface area (Å²) in [5.74, 6) is 0. The number of hydrogen-bond acceptors (Lipinski definition) is 2. The third kappa shape index (κ3) is 5.74. The Morgan fingerprint density at radius 1 is 0.356 bits per heavy atom. The monoisotopic (exact) mass is 771 g/mol. The number of anilines is 3. The summed E-state index contributed by atoms with van der Waals surface area (Å²) in [5, 5.41) is 2.56. The van der Waals surface area contributed by atoms with E-state index in [0.29, 0.717) is 0 Å². The van der Waals surface area contributed by atoms with Gasteiger partial charge in [0.2, 0.25) is 0 Å². The van der Waals surface area contributed by atoms with Gasteiger partial charge in [0.15, 0.2) is 0 Å². The zero-order chi connectivity index (χ0) is 39.5. The fourth-order valence-electron chi connectivity index (χ4n) is 9.54. The van der Waals surface area contributed by atoms with Crippen LogP contribution in [0, 0.1) is 0 Å². The molecule has 0 amide bonds. The molecule has 9 aromatic carbocycles. The van der Waals surface area contributed by atoms with E-state index >= 15 is 0 Å². The molecule has 0 fully saturated rings. The van der Waals surface area contributed by atoms with Crippen molar-refractivity contribution in [3.63, 3.8) is 0 Å². The Kier molecular flexibility index (Phi) is 8.43. The van der Waals surface area contributed by atoms with Crippen molar-refractivity contribution in [3.8, 4) is 55.6 Å². The fraction of sp³-hybridized carbons (Fsp3) is 0.0526. The topological polar surface area (TPSA) is 3.24 Å². The molecule has 0 atom stereocenters. The van der Waals surface area contributed by atoms with Gasteiger partial charge in [0, 0.05) is 32.0 Å². The van der Waals surface area contributed by atoms with Gasteiger partial charge in [0.1, 0.15) is 0 Å². The predicted octanol–water partition coefficient (Wildman–Crippen LogP) is 16.5. The SMILES string of the molecule is CC1(C)c2ccccc2-c2cc(-c3ccccc3N(c3cccc(-c4ccccc4)c3-c3ccccc3-c3ccccc3)c3cccc4c3sc3ccccc34)ccc21. The van der Waals surface area contributed by atoms with Crippen LogP contribution in [0.15, 0.2) is 212 Å². The molecule has 1 aromatic heterocycles. The van der Waals surface area contributed by atoms with Crippen LogP contribution in [-0.4, -0.2) is 0 Å². The molecule has 0 radical (unpaired) electrons. The Labute approximate surface area is 350 Å². The molecule has 0 saturated carbocycles. The summed E-state index contributed by atoms with van der Waals surface area (Å²) in [5.41, 5.74) is 18.3. The molecule has 0 saturated heterocycles. The quantitative estimate of drug-likeness (QED) is 0.156. The molecule has 1 nitrogen and oxygen atoms in total. The number of fused-ring (bicyclic) bond motifs is 6. The van der Waals surface area contributed by atoms with Crippen molar-refractivity contribution in [2.45, 2.75) is 19.3 Å². The second-order valence-corrected chi connectivity index (χ2v) is 17.1. The maximum Gasteiger partial charge on any atom is 0.0640 e. The molecule has 0 bridgehead atoms. The number of nitrogens with zero attached hydrogens (tertiary/aromatic N) is 1. The van der Waals surface area contributed by atoms with Gasteiger partial charge in [0.25, 0.3) is 0 Å². The summed E-state index contributed by atoms with van der Waals surface area (Å²) in [6.07, 6.45) is 0. The summed E-state index contributed by atoms with van der Waals surface area (Å²) in [6, 6.07) is 78.2. The number of thiophene rings is 1. The van der Waals surface area contributed by atoms with E-state index in [0.717, 1.165) is 17.1 Å². The van der Waals surface area contributed by atoms with E-state index in [-0.39, 0.29) is 5.41 Å². The maximum atomic E-state index is 2.56. The predicted molar refractivity (Wildman–Crippen MR) is 253 cm³/mol. The molecule has 10 aromatic rings. The molecule has 280 valence electrons. The highest BCUT2D eigenvalue weighted by molar-refractivity contribution is 7.26. The second kappa shape index (κ2) is 14.1. The minimum absolute atomic E-state index is 0.0637. The van der Waals surface area contributed by atoms with Gasteiger partial charge < -0.3 is 4.90 Å². The molecule has 0 spiro atoms. The van der Waals surface area contributed by atoms with Crippen molar-refractivity contribution in [2.75, 3.05) is 4.90 Å². The number of benzene rings is 9. The Balaban J connectivity index is 1.23. The highest BCUT2D eigenvalue weighted by Crippen LogP contribution is 2.54. The fourth-order valence-corrected chi connectivity index (χ4v) is 10.7. The van der Waals surface area contributed by atoms with Gasteiger partial charge in [-0.2, -0.15) is 0 Å². The van der Waals surface area contributed by atoms with Crippen LogP contribution in [0.1, 0.15) is 25.0 Å². The molecule has 1 heterocycles. The average molecular weight is 772 g/mol. The standard InChI is InChI=1S/C57H41NS/c1-57(2)49-30-14-11-25-44(49)48-37-40(35-36-50(48)57)42-24-12-15-31-51(42)58(53-33-18-29-47-45-26-13-16-34-54(45)59-56(47)53)52-32-17-28-43(39-21-7-4-8-22-39)55(52)46-27-10-9-23-41(46)38-19-5-3-6-20-38/h3-37H,1-2H3. The van der Waals surface area contributed by atoms with E-state index < -0.39 is 0 Å². The lowest BCUT2D eigenvalue weighted by molar-refractivity contribution is 0.660. The van der Waals surface area contributed by atoms with Crippen LogP contribution in [0.4, 0.5) is 17.1 Å². The first-order valence-corrected chi connectivity index (χ1v) is 21.3. The first-order chi connectivity index (χ1) is 29.1. The van der Waals surface area contributed by atoms with Gasteiger partial charge in [-0.25, -0.2) is 0 Å². The van der Waals surface area contributed by atoms with E-state index in [9.17, 15) is 0 Å². The summed E-state index contributed by atoms with van der Waals surface area (Å²) >= 11 is 1.88. The zero-order valence-corrected chi connectivity index (χ0v) is 33.9. The Morgan fingerprint density at radius 3 is 1.69 bits per heavy atom. The van der Waals surface area contributed by atoms with E-state index in [2.05, 4.69) is 231 Å². The summed E-state index contributed by atoms with van der Waals surface area (Å²) < 4.78 is 2.55. The molecule has 1 aliphatic rings. The zero-order valence-electron chi connectivity index (χ0n) is 33.1. The first-order valence-electron chi connectivity index (χ1n) is 20.4. The van der Waals surface area contributed by atoms with Crippen molar-refractivity contribution >= 4 is 48.6 Å². The van der Waals surface area contributed by atoms with Crippen molar-refractivity contribution in [2.24, 2.45) is 0 Å². The lowest BCUT2D eigenvalue weighted by atomic mass is 9.82. The van der Waals surface area contributed by atoms with Crippen LogP contribution in [0.25, 0.3) is 75.8 Å². The molecule has 0 aliphatic heterocycles. The van der Waals surface area contributed by atoms with Crippen molar-refractivity contribution < 1.29 is 0 Å². The van der Waals surface area contributed by atoms with E-state index in [4.69, 9.17) is 0 Å². The normalized spacial score (nSPS) is 12.7. The smallest absolute Gasteiger partial charge is 0.0640 e. The van der Waals surface area contributed by atoms with E-state index in [1.807, 2.05) is 11.3 Å². The molecule has 0 N–H and O–H groups in total. The Hall–Kier alpha value is -7.00. The molecule has 11 rings (SSSR count). The average Bonchev–Trinajstić information content (AvgIpc) is 3.79. The van der Waals surface area contributed by atoms with Gasteiger partial charge in [-0.3, -0.25) is 0 Å². The van der Waals surface area contributed by atoms with E-state index in [1.165, 1.54) is 86.9 Å². The maximum absolute atomic E-state index is 2.56. The first kappa shape index (κ1) is 35.2. The van der Waals surface area contributed by atoms with Gasteiger partial charge >= 0.3 is 0 Å². The summed E-state index contributed by atoms with van der Waals surface area (Å²) in [6.45, 7) is 4.71. The highest BCUT2D eigenvalue weighted by atomic mass is 32.1. The number of hydrogen-bond donors (Lipinski definition) is 0. The second-order valence-electron chi connectivity index (χ2n) is 16.0. The van der Waals surface area contributed by atoms with E-state index in [1.54, 1.807) is 0 Å². The molecule has 59 heavy (non-hydrogen) atoms. The molecular weight excluding hydrogens is 731 g/mol. The van der Waals surface area contributed by atoms with Gasteiger partial charge in [-0.1, -0.05) is 196 Å². The van der Waals surface area contributed by atoms with Gasteiger partial charge in [-0.15, -0.1) is 11.3 Å². The molecule has 2 heteroatoms. The minimum Gasteiger partial charge on any atom is -0.308 e. The lowest BCUT2D eigenvalue weighted by Gasteiger charge is -2.32. The van der Waals surface area contributed by atoms with Gasteiger partial charge in [-0.05, 0) is 86.0 Å². The van der Waals surface area contributed by atoms with Crippen LogP contribution in [0.2, 0.25) is 0 Å². The van der Waals surface area contributed by atoms with Crippen LogP contribution in [-0.2, 0) is 5.41 Å². The highest BCUT2D eigenvalue weighted by Gasteiger charge is 2.35. The van der Waals surface area contributed by atoms with Gasteiger partial charge in [0.05, 0.1) is 21.8 Å². The third-order valence-corrected chi connectivity index (χ3v) is 13.5. The summed E-state index contributed by atoms with van der Waals surface area (Å²) in [4.78, 5) is 2.56. The Morgan fingerprint density at radius 2 is 0.898 bits per heavy atom. The minimum atomic E-state index is -0.0637. The van der Waals surface area contributed by atoms with Crippen molar-refractivity contribution in [3.05, 3.63) is 223 Å². The number of para-hydroxylation sites is 1.